The van der Waals surface area contributed by atoms with Gasteiger partial charge in [-0.2, -0.15) is 9.61 Å². The van der Waals surface area contributed by atoms with Crippen LogP contribution in [0.25, 0.3) is 28.3 Å². The molecule has 0 saturated heterocycles. The van der Waals surface area contributed by atoms with Crippen molar-refractivity contribution in [2.24, 2.45) is 0 Å². The smallest absolute Gasteiger partial charge is 0.185 e. The number of halogens is 1. The average Bonchev–Trinajstić information content (AvgIpc) is 3.03. The van der Waals surface area contributed by atoms with E-state index >= 15 is 0 Å². The molecule has 4 aromatic rings. The molecule has 0 aliphatic heterocycles. The van der Waals surface area contributed by atoms with Gasteiger partial charge in [-0.15, -0.1) is 10.2 Å². The highest BCUT2D eigenvalue weighted by Crippen LogP contribution is 2.34. The van der Waals surface area contributed by atoms with E-state index in [1.54, 1.807) is 0 Å². The fraction of sp³-hybridized carbons (Fsp3) is 0.105. The number of aromatic nitrogens is 4. The molecule has 0 saturated carbocycles. The zero-order chi connectivity index (χ0) is 16.1. The molecular formula is C19H13ClN4. The van der Waals surface area contributed by atoms with Crippen LogP contribution in [0.3, 0.4) is 0 Å². The molecule has 0 unspecified atom stereocenters. The molecule has 2 aromatic heterocycles. The van der Waals surface area contributed by atoms with Gasteiger partial charge in [0.15, 0.2) is 11.5 Å². The van der Waals surface area contributed by atoms with E-state index < -0.39 is 0 Å². The summed E-state index contributed by atoms with van der Waals surface area (Å²) in [6, 6.07) is 18.1. The lowest BCUT2D eigenvalue weighted by Crippen LogP contribution is -2.09. The van der Waals surface area contributed by atoms with Crippen molar-refractivity contribution < 1.29 is 0 Å². The zero-order valence-corrected chi connectivity index (χ0v) is 13.5. The van der Waals surface area contributed by atoms with Crippen LogP contribution in [0.2, 0.25) is 5.02 Å². The Hall–Kier alpha value is -2.72. The fourth-order valence-electron chi connectivity index (χ4n) is 3.31. The summed E-state index contributed by atoms with van der Waals surface area (Å²) in [7, 11) is 0. The van der Waals surface area contributed by atoms with Crippen molar-refractivity contribution in [2.75, 3.05) is 0 Å². The zero-order valence-electron chi connectivity index (χ0n) is 12.8. The van der Waals surface area contributed by atoms with Gasteiger partial charge in [0.1, 0.15) is 0 Å². The average molecular weight is 333 g/mol. The minimum absolute atomic E-state index is 0.732. The number of benzene rings is 2. The molecule has 0 bridgehead atoms. The Morgan fingerprint density at radius 3 is 2.58 bits per heavy atom. The number of hydrogen-bond acceptors (Lipinski definition) is 3. The summed E-state index contributed by atoms with van der Waals surface area (Å²) in [5.41, 5.74) is 6.34. The van der Waals surface area contributed by atoms with Crippen molar-refractivity contribution in [1.82, 2.24) is 19.8 Å². The molecule has 24 heavy (non-hydrogen) atoms. The Bertz CT molecular complexity index is 1070. The molecule has 0 radical (unpaired) electrons. The molecule has 0 spiro atoms. The van der Waals surface area contributed by atoms with Crippen molar-refractivity contribution in [3.8, 4) is 22.6 Å². The maximum absolute atomic E-state index is 6.21. The third-order valence-electron chi connectivity index (χ3n) is 4.49. The van der Waals surface area contributed by atoms with Crippen molar-refractivity contribution in [3.63, 3.8) is 0 Å². The Morgan fingerprint density at radius 2 is 1.71 bits per heavy atom. The van der Waals surface area contributed by atoms with Crippen LogP contribution in [-0.2, 0) is 12.8 Å². The Kier molecular flexibility index (Phi) is 2.94. The summed E-state index contributed by atoms with van der Waals surface area (Å²) in [5.74, 6) is 0.752. The van der Waals surface area contributed by atoms with Gasteiger partial charge in [0.2, 0.25) is 0 Å². The van der Waals surface area contributed by atoms with Crippen LogP contribution >= 0.6 is 11.6 Å². The summed E-state index contributed by atoms with van der Waals surface area (Å²) >= 11 is 6.21. The van der Waals surface area contributed by atoms with E-state index in [1.165, 1.54) is 11.1 Å². The standard InChI is InChI=1S/C19H13ClN4/c20-15-9-8-12-6-7-14-10-17-21-22-19(13-4-2-1-3-5-13)24(17)23-18(14)16(12)11-15/h1-5,8-11H,6-7H2. The quantitative estimate of drug-likeness (QED) is 0.524. The van der Waals surface area contributed by atoms with Crippen LogP contribution in [0.1, 0.15) is 11.1 Å². The molecule has 0 fully saturated rings. The summed E-state index contributed by atoms with van der Waals surface area (Å²) in [6.45, 7) is 0. The predicted molar refractivity (Wildman–Crippen MR) is 94.1 cm³/mol. The van der Waals surface area contributed by atoms with Gasteiger partial charge >= 0.3 is 0 Å². The van der Waals surface area contributed by atoms with Crippen LogP contribution in [0.5, 0.6) is 0 Å². The molecule has 0 N–H and O–H groups in total. The molecule has 0 atom stereocenters. The Labute approximate surface area is 143 Å². The summed E-state index contributed by atoms with van der Waals surface area (Å²) in [4.78, 5) is 0. The minimum Gasteiger partial charge on any atom is -0.192 e. The Morgan fingerprint density at radius 1 is 0.875 bits per heavy atom. The third kappa shape index (κ3) is 2.03. The monoisotopic (exact) mass is 332 g/mol. The van der Waals surface area contributed by atoms with Gasteiger partial charge in [-0.1, -0.05) is 48.0 Å². The number of aryl methyl sites for hydroxylation is 2. The van der Waals surface area contributed by atoms with Gasteiger partial charge < -0.3 is 0 Å². The highest BCUT2D eigenvalue weighted by atomic mass is 35.5. The summed E-state index contributed by atoms with van der Waals surface area (Å²) in [5, 5.41) is 14.2. The van der Waals surface area contributed by atoms with Crippen molar-refractivity contribution in [2.45, 2.75) is 12.8 Å². The van der Waals surface area contributed by atoms with Gasteiger partial charge in [-0.25, -0.2) is 0 Å². The molecule has 4 nitrogen and oxygen atoms in total. The van der Waals surface area contributed by atoms with Gasteiger partial charge in [0, 0.05) is 16.1 Å². The first-order chi connectivity index (χ1) is 11.8. The lowest BCUT2D eigenvalue weighted by Gasteiger charge is -2.19. The molecule has 1 aliphatic rings. The molecule has 5 rings (SSSR count). The fourth-order valence-corrected chi connectivity index (χ4v) is 3.48. The SMILES string of the molecule is Clc1ccc2c(c1)-c1nn3c(-c4ccccc4)nnc3cc1CC2. The predicted octanol–water partition coefficient (Wildman–Crippen LogP) is 4.21. The highest BCUT2D eigenvalue weighted by molar-refractivity contribution is 6.30. The normalized spacial score (nSPS) is 12.9. The minimum atomic E-state index is 0.732. The van der Waals surface area contributed by atoms with Crippen LogP contribution in [0.15, 0.2) is 54.6 Å². The van der Waals surface area contributed by atoms with Gasteiger partial charge in [0.05, 0.1) is 5.69 Å². The van der Waals surface area contributed by atoms with Crippen molar-refractivity contribution in [1.29, 1.82) is 0 Å². The van der Waals surface area contributed by atoms with Gasteiger partial charge in [-0.05, 0) is 42.2 Å². The number of rotatable bonds is 1. The van der Waals surface area contributed by atoms with Crippen LogP contribution in [-0.4, -0.2) is 19.8 Å². The number of nitrogens with zero attached hydrogens (tertiary/aromatic N) is 4. The van der Waals surface area contributed by atoms with Crippen molar-refractivity contribution >= 4 is 17.2 Å². The van der Waals surface area contributed by atoms with E-state index in [4.69, 9.17) is 16.7 Å². The Balaban J connectivity index is 1.78. The molecule has 116 valence electrons. The lowest BCUT2D eigenvalue weighted by atomic mass is 9.89. The highest BCUT2D eigenvalue weighted by Gasteiger charge is 2.21. The van der Waals surface area contributed by atoms with Crippen LogP contribution in [0.4, 0.5) is 0 Å². The first-order valence-corrected chi connectivity index (χ1v) is 8.27. The van der Waals surface area contributed by atoms with E-state index in [2.05, 4.69) is 22.3 Å². The van der Waals surface area contributed by atoms with E-state index in [1.807, 2.05) is 47.0 Å². The van der Waals surface area contributed by atoms with Gasteiger partial charge in [-0.3, -0.25) is 0 Å². The number of fused-ring (bicyclic) bond motifs is 4. The van der Waals surface area contributed by atoms with Crippen molar-refractivity contribution in [3.05, 3.63) is 70.7 Å². The first kappa shape index (κ1) is 13.7. The number of hydrogen-bond donors (Lipinski definition) is 0. The third-order valence-corrected chi connectivity index (χ3v) is 4.73. The lowest BCUT2D eigenvalue weighted by molar-refractivity contribution is 0.872. The largest absolute Gasteiger partial charge is 0.192 e. The molecular weight excluding hydrogens is 320 g/mol. The second-order valence-electron chi connectivity index (χ2n) is 5.98. The second kappa shape index (κ2) is 5.14. The molecule has 2 aromatic carbocycles. The maximum atomic E-state index is 6.21. The van der Waals surface area contributed by atoms with Crippen LogP contribution in [0, 0.1) is 0 Å². The van der Waals surface area contributed by atoms with Gasteiger partial charge in [0.25, 0.3) is 0 Å². The molecule has 1 aliphatic carbocycles. The molecule has 0 amide bonds. The summed E-state index contributed by atoms with van der Waals surface area (Å²) in [6.07, 6.45) is 1.96. The molecule has 2 heterocycles. The van der Waals surface area contributed by atoms with E-state index in [0.29, 0.717) is 0 Å². The molecule has 5 heteroatoms. The van der Waals surface area contributed by atoms with E-state index in [9.17, 15) is 0 Å². The maximum Gasteiger partial charge on any atom is 0.185 e. The summed E-state index contributed by atoms with van der Waals surface area (Å²) < 4.78 is 1.82. The van der Waals surface area contributed by atoms with E-state index in [0.717, 1.165) is 46.2 Å². The topological polar surface area (TPSA) is 43.1 Å². The first-order valence-electron chi connectivity index (χ1n) is 7.89. The van der Waals surface area contributed by atoms with E-state index in [-0.39, 0.29) is 0 Å². The second-order valence-corrected chi connectivity index (χ2v) is 6.42. The van der Waals surface area contributed by atoms with Crippen LogP contribution < -0.4 is 0 Å².